The highest BCUT2D eigenvalue weighted by Gasteiger charge is 2.05. The van der Waals surface area contributed by atoms with Gasteiger partial charge in [0.25, 0.3) is 0 Å². The number of amides is 1. The van der Waals surface area contributed by atoms with Crippen molar-refractivity contribution in [2.75, 3.05) is 11.9 Å². The first-order chi connectivity index (χ1) is 10.1. The molecule has 0 saturated carbocycles. The van der Waals surface area contributed by atoms with Crippen molar-refractivity contribution in [3.63, 3.8) is 0 Å². The summed E-state index contributed by atoms with van der Waals surface area (Å²) in [5.41, 5.74) is 1.13. The summed E-state index contributed by atoms with van der Waals surface area (Å²) in [5, 5.41) is 6.41. The fourth-order valence-electron chi connectivity index (χ4n) is 1.69. The molecule has 0 aromatic heterocycles. The highest BCUT2D eigenvalue weighted by molar-refractivity contribution is 6.42. The molecule has 2 N–H and O–H groups in total. The summed E-state index contributed by atoms with van der Waals surface area (Å²) in [4.78, 5) is 11.7. The molecule has 110 valence electrons. The second-order valence-electron chi connectivity index (χ2n) is 4.35. The van der Waals surface area contributed by atoms with Gasteiger partial charge in [-0.2, -0.15) is 0 Å². The molecule has 21 heavy (non-hydrogen) atoms. The number of halogens is 3. The molecule has 6 heteroatoms. The van der Waals surface area contributed by atoms with E-state index in [4.69, 9.17) is 23.2 Å². The molecule has 2 aromatic rings. The Bertz CT molecular complexity index is 649. The number of anilines is 1. The van der Waals surface area contributed by atoms with Gasteiger partial charge in [-0.3, -0.25) is 4.79 Å². The summed E-state index contributed by atoms with van der Waals surface area (Å²) >= 11 is 11.7. The molecule has 1 amide bonds. The van der Waals surface area contributed by atoms with Crippen molar-refractivity contribution < 1.29 is 9.18 Å². The molecule has 0 fully saturated rings. The molecule has 0 spiro atoms. The fourth-order valence-corrected chi connectivity index (χ4v) is 1.98. The van der Waals surface area contributed by atoms with Gasteiger partial charge in [-0.05, 0) is 24.3 Å². The molecule has 0 unspecified atom stereocenters. The smallest absolute Gasteiger partial charge is 0.239 e. The SMILES string of the molecule is O=C(CNc1ccc(Cl)c(Cl)c1)NCc1ccccc1F. The van der Waals surface area contributed by atoms with Gasteiger partial charge in [0, 0.05) is 17.8 Å². The maximum Gasteiger partial charge on any atom is 0.239 e. The zero-order valence-corrected chi connectivity index (χ0v) is 12.5. The molecule has 2 rings (SSSR count). The zero-order valence-electron chi connectivity index (χ0n) is 11.0. The van der Waals surface area contributed by atoms with Crippen LogP contribution < -0.4 is 10.6 Å². The Hall–Kier alpha value is -1.78. The van der Waals surface area contributed by atoms with E-state index in [-0.39, 0.29) is 24.8 Å². The molecule has 0 aliphatic carbocycles. The molecular formula is C15H13Cl2FN2O. The van der Waals surface area contributed by atoms with Crippen LogP contribution in [0, 0.1) is 5.82 Å². The first-order valence-corrected chi connectivity index (χ1v) is 7.01. The largest absolute Gasteiger partial charge is 0.376 e. The number of rotatable bonds is 5. The minimum absolute atomic E-state index is 0.0619. The van der Waals surface area contributed by atoms with Crippen LogP contribution in [0.5, 0.6) is 0 Å². The van der Waals surface area contributed by atoms with Crippen molar-refractivity contribution in [2.24, 2.45) is 0 Å². The maximum absolute atomic E-state index is 13.4. The van der Waals surface area contributed by atoms with Crippen LogP contribution >= 0.6 is 23.2 Å². The van der Waals surface area contributed by atoms with E-state index >= 15 is 0 Å². The third kappa shape index (κ3) is 4.62. The maximum atomic E-state index is 13.4. The van der Waals surface area contributed by atoms with Gasteiger partial charge in [0.15, 0.2) is 0 Å². The van der Waals surface area contributed by atoms with Crippen molar-refractivity contribution in [3.8, 4) is 0 Å². The molecule has 0 bridgehead atoms. The van der Waals surface area contributed by atoms with Gasteiger partial charge in [-0.25, -0.2) is 4.39 Å². The van der Waals surface area contributed by atoms with E-state index in [1.54, 1.807) is 36.4 Å². The Morgan fingerprint density at radius 3 is 2.57 bits per heavy atom. The molecule has 2 aromatic carbocycles. The van der Waals surface area contributed by atoms with Gasteiger partial charge in [-0.1, -0.05) is 41.4 Å². The Morgan fingerprint density at radius 1 is 1.10 bits per heavy atom. The van der Waals surface area contributed by atoms with E-state index in [1.165, 1.54) is 6.07 Å². The van der Waals surface area contributed by atoms with Gasteiger partial charge in [0.2, 0.25) is 5.91 Å². The Labute approximate surface area is 132 Å². The summed E-state index contributed by atoms with van der Waals surface area (Å²) in [6.45, 7) is 0.209. The molecular weight excluding hydrogens is 314 g/mol. The van der Waals surface area contributed by atoms with E-state index in [0.29, 0.717) is 21.3 Å². The molecule has 0 saturated heterocycles. The van der Waals surface area contributed by atoms with E-state index in [0.717, 1.165) is 0 Å². The lowest BCUT2D eigenvalue weighted by Crippen LogP contribution is -2.29. The van der Waals surface area contributed by atoms with Crippen LogP contribution in [0.25, 0.3) is 0 Å². The summed E-state index contributed by atoms with van der Waals surface area (Å²) in [6.07, 6.45) is 0. The number of hydrogen-bond donors (Lipinski definition) is 2. The van der Waals surface area contributed by atoms with Gasteiger partial charge >= 0.3 is 0 Å². The highest BCUT2D eigenvalue weighted by Crippen LogP contribution is 2.24. The Morgan fingerprint density at radius 2 is 1.86 bits per heavy atom. The van der Waals surface area contributed by atoms with Crippen LogP contribution in [-0.2, 0) is 11.3 Å². The minimum Gasteiger partial charge on any atom is -0.376 e. The highest BCUT2D eigenvalue weighted by atomic mass is 35.5. The number of nitrogens with one attached hydrogen (secondary N) is 2. The summed E-state index contributed by atoms with van der Waals surface area (Å²) in [7, 11) is 0. The van der Waals surface area contributed by atoms with Gasteiger partial charge in [-0.15, -0.1) is 0 Å². The average molecular weight is 327 g/mol. The molecule has 0 atom stereocenters. The lowest BCUT2D eigenvalue weighted by Gasteiger charge is -2.09. The summed E-state index contributed by atoms with van der Waals surface area (Å²) in [5.74, 6) is -0.584. The molecule has 3 nitrogen and oxygen atoms in total. The monoisotopic (exact) mass is 326 g/mol. The van der Waals surface area contributed by atoms with Crippen LogP contribution in [0.1, 0.15) is 5.56 Å². The van der Waals surface area contributed by atoms with Crippen LogP contribution in [0.2, 0.25) is 10.0 Å². The number of carbonyl (C=O) groups excluding carboxylic acids is 1. The molecule has 0 radical (unpaired) electrons. The minimum atomic E-state index is -0.338. The second kappa shape index (κ2) is 7.29. The first-order valence-electron chi connectivity index (χ1n) is 6.25. The average Bonchev–Trinajstić information content (AvgIpc) is 2.47. The lowest BCUT2D eigenvalue weighted by atomic mass is 10.2. The summed E-state index contributed by atoms with van der Waals surface area (Å²) < 4.78 is 13.4. The Balaban J connectivity index is 1.82. The van der Waals surface area contributed by atoms with E-state index in [9.17, 15) is 9.18 Å². The van der Waals surface area contributed by atoms with Crippen molar-refractivity contribution in [2.45, 2.75) is 6.54 Å². The van der Waals surface area contributed by atoms with Crippen LogP contribution in [0.4, 0.5) is 10.1 Å². The number of hydrogen-bond acceptors (Lipinski definition) is 2. The van der Waals surface area contributed by atoms with E-state index in [1.807, 2.05) is 0 Å². The third-order valence-corrected chi connectivity index (χ3v) is 3.55. The Kier molecular flexibility index (Phi) is 5.42. The molecule has 0 aliphatic rings. The van der Waals surface area contributed by atoms with Crippen molar-refractivity contribution in [1.82, 2.24) is 5.32 Å². The second-order valence-corrected chi connectivity index (χ2v) is 5.16. The number of carbonyl (C=O) groups is 1. The standard InChI is InChI=1S/C15H13Cl2FN2O/c16-12-6-5-11(7-13(12)17)19-9-15(21)20-8-10-3-1-2-4-14(10)18/h1-7,19H,8-9H2,(H,20,21). The number of benzene rings is 2. The van der Waals surface area contributed by atoms with E-state index in [2.05, 4.69) is 10.6 Å². The normalized spacial score (nSPS) is 10.2. The van der Waals surface area contributed by atoms with Crippen LogP contribution in [0.3, 0.4) is 0 Å². The third-order valence-electron chi connectivity index (χ3n) is 2.81. The van der Waals surface area contributed by atoms with Gasteiger partial charge < -0.3 is 10.6 Å². The summed E-state index contributed by atoms with van der Waals surface area (Å²) in [6, 6.07) is 11.3. The fraction of sp³-hybridized carbons (Fsp3) is 0.133. The predicted octanol–water partition coefficient (Wildman–Crippen LogP) is 3.86. The quantitative estimate of drug-likeness (QED) is 0.875. The van der Waals surface area contributed by atoms with Crippen LogP contribution in [-0.4, -0.2) is 12.5 Å². The lowest BCUT2D eigenvalue weighted by molar-refractivity contribution is -0.119. The van der Waals surface area contributed by atoms with Crippen molar-refractivity contribution in [3.05, 3.63) is 63.9 Å². The topological polar surface area (TPSA) is 41.1 Å². The van der Waals surface area contributed by atoms with Gasteiger partial charge in [0.1, 0.15) is 5.82 Å². The predicted molar refractivity (Wildman–Crippen MR) is 83.2 cm³/mol. The van der Waals surface area contributed by atoms with Crippen molar-refractivity contribution in [1.29, 1.82) is 0 Å². The zero-order chi connectivity index (χ0) is 15.2. The van der Waals surface area contributed by atoms with Gasteiger partial charge in [0.05, 0.1) is 16.6 Å². The first kappa shape index (κ1) is 15.6. The van der Waals surface area contributed by atoms with Crippen LogP contribution in [0.15, 0.2) is 42.5 Å². The van der Waals surface area contributed by atoms with E-state index < -0.39 is 0 Å². The van der Waals surface area contributed by atoms with Crippen molar-refractivity contribution >= 4 is 34.8 Å². The molecule has 0 aliphatic heterocycles. The molecule has 0 heterocycles.